The molecule has 7 heteroatoms. The van der Waals surface area contributed by atoms with Crippen molar-refractivity contribution in [3.63, 3.8) is 0 Å². The Hall–Kier alpha value is -3.22. The molecule has 0 atom stereocenters. The second-order valence-electron chi connectivity index (χ2n) is 5.44. The summed E-state index contributed by atoms with van der Waals surface area (Å²) in [5, 5.41) is 11.7. The summed E-state index contributed by atoms with van der Waals surface area (Å²) in [6, 6.07) is 9.10. The molecular formula is C20H23NO6. The molecule has 2 aromatic rings. The summed E-state index contributed by atoms with van der Waals surface area (Å²) < 4.78 is 16.8. The van der Waals surface area contributed by atoms with E-state index in [1.807, 2.05) is 20.8 Å². The molecule has 2 aromatic carbocycles. The third-order valence-electron chi connectivity index (χ3n) is 3.56. The van der Waals surface area contributed by atoms with Gasteiger partial charge in [-0.1, -0.05) is 0 Å². The summed E-state index contributed by atoms with van der Waals surface area (Å²) in [4.78, 5) is 23.5. The predicted octanol–water partition coefficient (Wildman–Crippen LogP) is 3.83. The van der Waals surface area contributed by atoms with Crippen LogP contribution < -0.4 is 19.5 Å². The molecule has 27 heavy (non-hydrogen) atoms. The quantitative estimate of drug-likeness (QED) is 0.694. The highest BCUT2D eigenvalue weighted by atomic mass is 16.5. The first-order chi connectivity index (χ1) is 13.0. The fraction of sp³-hybridized carbons (Fsp3) is 0.300. The zero-order valence-corrected chi connectivity index (χ0v) is 15.6. The van der Waals surface area contributed by atoms with Gasteiger partial charge in [-0.2, -0.15) is 0 Å². The zero-order chi connectivity index (χ0) is 19.8. The lowest BCUT2D eigenvalue weighted by Crippen LogP contribution is -2.13. The van der Waals surface area contributed by atoms with Crippen molar-refractivity contribution in [1.29, 1.82) is 0 Å². The van der Waals surface area contributed by atoms with Crippen LogP contribution in [0.4, 0.5) is 5.69 Å². The molecule has 0 saturated carbocycles. The number of hydrogen-bond acceptors (Lipinski definition) is 5. The normalized spacial score (nSPS) is 10.2. The maximum Gasteiger partial charge on any atom is 0.335 e. The highest BCUT2D eigenvalue weighted by Crippen LogP contribution is 2.39. The first-order valence-corrected chi connectivity index (χ1v) is 8.71. The van der Waals surface area contributed by atoms with Crippen molar-refractivity contribution in [3.8, 4) is 17.2 Å². The number of hydrogen-bond donors (Lipinski definition) is 2. The van der Waals surface area contributed by atoms with Gasteiger partial charge in [0, 0.05) is 11.3 Å². The zero-order valence-electron chi connectivity index (χ0n) is 15.6. The Bertz CT molecular complexity index is 774. The lowest BCUT2D eigenvalue weighted by molar-refractivity contribution is 0.0696. The predicted molar refractivity (Wildman–Crippen MR) is 101 cm³/mol. The van der Waals surface area contributed by atoms with Gasteiger partial charge in [-0.05, 0) is 57.2 Å². The van der Waals surface area contributed by atoms with Crippen LogP contribution in [-0.2, 0) is 0 Å². The minimum Gasteiger partial charge on any atom is -0.490 e. The molecule has 0 aromatic heterocycles. The van der Waals surface area contributed by atoms with E-state index in [0.717, 1.165) is 0 Å². The number of nitrogens with one attached hydrogen (secondary N) is 1. The van der Waals surface area contributed by atoms with Crippen molar-refractivity contribution in [2.45, 2.75) is 20.8 Å². The van der Waals surface area contributed by atoms with Gasteiger partial charge in [-0.3, -0.25) is 4.79 Å². The first kappa shape index (κ1) is 20.1. The Morgan fingerprint density at radius 3 is 1.81 bits per heavy atom. The number of carbonyl (C=O) groups excluding carboxylic acids is 1. The molecule has 0 bridgehead atoms. The summed E-state index contributed by atoms with van der Waals surface area (Å²) >= 11 is 0. The van der Waals surface area contributed by atoms with Gasteiger partial charge >= 0.3 is 5.97 Å². The molecule has 0 aliphatic rings. The third-order valence-corrected chi connectivity index (χ3v) is 3.56. The summed E-state index contributed by atoms with van der Waals surface area (Å²) in [5.41, 5.74) is 0.966. The van der Waals surface area contributed by atoms with Gasteiger partial charge in [-0.25, -0.2) is 4.79 Å². The molecule has 0 heterocycles. The number of anilines is 1. The van der Waals surface area contributed by atoms with Crippen molar-refractivity contribution in [2.24, 2.45) is 0 Å². The Kier molecular flexibility index (Phi) is 7.05. The van der Waals surface area contributed by atoms with Crippen LogP contribution >= 0.6 is 0 Å². The number of carboxylic acid groups (broad SMARTS) is 1. The van der Waals surface area contributed by atoms with E-state index in [2.05, 4.69) is 5.32 Å². The molecule has 0 unspecified atom stereocenters. The van der Waals surface area contributed by atoms with Gasteiger partial charge in [0.1, 0.15) is 0 Å². The summed E-state index contributed by atoms with van der Waals surface area (Å²) in [6.07, 6.45) is 0. The fourth-order valence-electron chi connectivity index (χ4n) is 2.42. The maximum atomic E-state index is 12.6. The summed E-state index contributed by atoms with van der Waals surface area (Å²) in [6.45, 7) is 6.79. The van der Waals surface area contributed by atoms with E-state index in [1.165, 1.54) is 24.3 Å². The van der Waals surface area contributed by atoms with Crippen LogP contribution in [0.1, 0.15) is 41.5 Å². The Morgan fingerprint density at radius 2 is 1.37 bits per heavy atom. The number of benzene rings is 2. The second-order valence-corrected chi connectivity index (χ2v) is 5.44. The van der Waals surface area contributed by atoms with Gasteiger partial charge in [0.15, 0.2) is 11.5 Å². The van der Waals surface area contributed by atoms with Gasteiger partial charge in [0.05, 0.1) is 25.4 Å². The standard InChI is InChI=1S/C20H23NO6/c1-4-25-16-11-14(12-17(26-5-2)18(16)27-6-3)19(22)21-15-9-7-13(8-10-15)20(23)24/h7-12H,4-6H2,1-3H3,(H,21,22)(H,23,24). The number of amides is 1. The number of carbonyl (C=O) groups is 2. The van der Waals surface area contributed by atoms with Crippen molar-refractivity contribution in [2.75, 3.05) is 25.1 Å². The van der Waals surface area contributed by atoms with Gasteiger partial charge < -0.3 is 24.6 Å². The number of carboxylic acids is 1. The summed E-state index contributed by atoms with van der Waals surface area (Å²) in [5.74, 6) is -0.0814. The molecule has 1 amide bonds. The van der Waals surface area contributed by atoms with Crippen molar-refractivity contribution in [3.05, 3.63) is 47.5 Å². The molecule has 2 rings (SSSR count). The van der Waals surface area contributed by atoms with Crippen LogP contribution in [0.25, 0.3) is 0 Å². The van der Waals surface area contributed by atoms with E-state index < -0.39 is 5.97 Å². The molecule has 0 aliphatic heterocycles. The van der Waals surface area contributed by atoms with E-state index >= 15 is 0 Å². The molecule has 7 nitrogen and oxygen atoms in total. The largest absolute Gasteiger partial charge is 0.490 e. The fourth-order valence-corrected chi connectivity index (χ4v) is 2.42. The van der Waals surface area contributed by atoms with Crippen molar-refractivity contribution < 1.29 is 28.9 Å². The minimum absolute atomic E-state index is 0.145. The van der Waals surface area contributed by atoms with Crippen LogP contribution in [0.5, 0.6) is 17.2 Å². The van der Waals surface area contributed by atoms with Gasteiger partial charge in [0.25, 0.3) is 5.91 Å². The topological polar surface area (TPSA) is 94.1 Å². The molecule has 2 N–H and O–H groups in total. The molecule has 0 fully saturated rings. The SMILES string of the molecule is CCOc1cc(C(=O)Nc2ccc(C(=O)O)cc2)cc(OCC)c1OCC. The Morgan fingerprint density at radius 1 is 0.852 bits per heavy atom. The van der Waals surface area contributed by atoms with Gasteiger partial charge in [-0.15, -0.1) is 0 Å². The number of aromatic carboxylic acids is 1. The van der Waals surface area contributed by atoms with Crippen LogP contribution in [-0.4, -0.2) is 36.8 Å². The average molecular weight is 373 g/mol. The van der Waals surface area contributed by atoms with Crippen LogP contribution in [0.3, 0.4) is 0 Å². The minimum atomic E-state index is -1.03. The van der Waals surface area contributed by atoms with Crippen molar-refractivity contribution >= 4 is 17.6 Å². The molecule has 0 radical (unpaired) electrons. The average Bonchev–Trinajstić information content (AvgIpc) is 2.65. The van der Waals surface area contributed by atoms with E-state index in [-0.39, 0.29) is 11.5 Å². The van der Waals surface area contributed by atoms with Crippen LogP contribution in [0.15, 0.2) is 36.4 Å². The maximum absolute atomic E-state index is 12.6. The highest BCUT2D eigenvalue weighted by molar-refractivity contribution is 6.05. The smallest absolute Gasteiger partial charge is 0.335 e. The van der Waals surface area contributed by atoms with E-state index in [4.69, 9.17) is 19.3 Å². The Labute approximate surface area is 157 Å². The first-order valence-electron chi connectivity index (χ1n) is 8.71. The van der Waals surface area contributed by atoms with E-state index in [1.54, 1.807) is 12.1 Å². The molecule has 0 aliphatic carbocycles. The number of rotatable bonds is 9. The van der Waals surface area contributed by atoms with E-state index in [9.17, 15) is 9.59 Å². The van der Waals surface area contributed by atoms with E-state index in [0.29, 0.717) is 48.3 Å². The second kappa shape index (κ2) is 9.47. The van der Waals surface area contributed by atoms with Crippen molar-refractivity contribution in [1.82, 2.24) is 0 Å². The highest BCUT2D eigenvalue weighted by Gasteiger charge is 2.18. The molecule has 144 valence electrons. The lowest BCUT2D eigenvalue weighted by Gasteiger charge is -2.17. The van der Waals surface area contributed by atoms with Crippen LogP contribution in [0.2, 0.25) is 0 Å². The van der Waals surface area contributed by atoms with Gasteiger partial charge in [0.2, 0.25) is 5.75 Å². The lowest BCUT2D eigenvalue weighted by atomic mass is 10.1. The molecule has 0 saturated heterocycles. The monoisotopic (exact) mass is 373 g/mol. The molecular weight excluding hydrogens is 350 g/mol. The Balaban J connectivity index is 2.32. The number of ether oxygens (including phenoxy) is 3. The summed E-state index contributed by atoms with van der Waals surface area (Å²) in [7, 11) is 0. The third kappa shape index (κ3) is 5.13. The van der Waals surface area contributed by atoms with Crippen LogP contribution in [0, 0.1) is 0 Å². The molecule has 0 spiro atoms.